The SMILES string of the molecule is Cc1cc(C)c(NC(=O)N(CCCCO)C2CC2)c(C)c1. The van der Waals surface area contributed by atoms with E-state index in [9.17, 15) is 4.79 Å². The molecule has 0 heterocycles. The van der Waals surface area contributed by atoms with Crippen LogP contribution in [0.4, 0.5) is 10.5 Å². The van der Waals surface area contributed by atoms with Crippen LogP contribution in [-0.4, -0.2) is 35.2 Å². The molecule has 1 fully saturated rings. The lowest BCUT2D eigenvalue weighted by Crippen LogP contribution is -2.37. The van der Waals surface area contributed by atoms with Gasteiger partial charge in [0.2, 0.25) is 0 Å². The van der Waals surface area contributed by atoms with Crippen LogP contribution in [0.15, 0.2) is 12.1 Å². The molecule has 0 bridgehead atoms. The van der Waals surface area contributed by atoms with Gasteiger partial charge in [-0.1, -0.05) is 17.7 Å². The Morgan fingerprint density at radius 1 is 1.24 bits per heavy atom. The van der Waals surface area contributed by atoms with Gasteiger partial charge in [0.25, 0.3) is 0 Å². The van der Waals surface area contributed by atoms with Gasteiger partial charge in [0, 0.05) is 24.9 Å². The second-order valence-electron chi connectivity index (χ2n) is 6.06. The summed E-state index contributed by atoms with van der Waals surface area (Å²) < 4.78 is 0. The molecule has 0 spiro atoms. The number of aliphatic hydroxyl groups is 1. The summed E-state index contributed by atoms with van der Waals surface area (Å²) in [6, 6.07) is 4.56. The Balaban J connectivity index is 2.05. The number of unbranched alkanes of at least 4 members (excludes halogenated alkanes) is 1. The van der Waals surface area contributed by atoms with Gasteiger partial charge in [-0.2, -0.15) is 0 Å². The number of nitrogens with one attached hydrogen (secondary N) is 1. The fourth-order valence-electron chi connectivity index (χ4n) is 2.79. The zero-order valence-electron chi connectivity index (χ0n) is 13.3. The van der Waals surface area contributed by atoms with Crippen LogP contribution >= 0.6 is 0 Å². The lowest BCUT2D eigenvalue weighted by molar-refractivity contribution is 0.204. The molecule has 2 rings (SSSR count). The van der Waals surface area contributed by atoms with Crippen LogP contribution < -0.4 is 5.32 Å². The molecule has 0 atom stereocenters. The normalized spacial score (nSPS) is 14.1. The summed E-state index contributed by atoms with van der Waals surface area (Å²) in [5.74, 6) is 0. The first kappa shape index (κ1) is 15.8. The van der Waals surface area contributed by atoms with Gasteiger partial charge in [0.15, 0.2) is 0 Å². The molecule has 1 aliphatic carbocycles. The van der Waals surface area contributed by atoms with Crippen LogP contribution in [-0.2, 0) is 0 Å². The van der Waals surface area contributed by atoms with E-state index in [0.29, 0.717) is 6.04 Å². The minimum Gasteiger partial charge on any atom is -0.396 e. The van der Waals surface area contributed by atoms with Crippen LogP contribution in [0.3, 0.4) is 0 Å². The van der Waals surface area contributed by atoms with Gasteiger partial charge in [-0.05, 0) is 57.6 Å². The quantitative estimate of drug-likeness (QED) is 0.789. The standard InChI is InChI=1S/C17H26N2O2/c1-12-10-13(2)16(14(3)11-12)18-17(21)19(15-6-7-15)8-4-5-9-20/h10-11,15,20H,4-9H2,1-3H3,(H,18,21). The fraction of sp³-hybridized carbons (Fsp3) is 0.588. The van der Waals surface area contributed by atoms with Crippen LogP contribution in [0.5, 0.6) is 0 Å². The maximum atomic E-state index is 12.5. The number of benzene rings is 1. The molecule has 1 aromatic carbocycles. The average Bonchev–Trinajstić information content (AvgIpc) is 3.23. The highest BCUT2D eigenvalue weighted by atomic mass is 16.3. The summed E-state index contributed by atoms with van der Waals surface area (Å²) in [4.78, 5) is 14.5. The zero-order valence-corrected chi connectivity index (χ0v) is 13.3. The van der Waals surface area contributed by atoms with Gasteiger partial charge in [-0.25, -0.2) is 4.79 Å². The highest BCUT2D eigenvalue weighted by Crippen LogP contribution is 2.29. The molecular formula is C17H26N2O2. The first-order valence-electron chi connectivity index (χ1n) is 7.79. The maximum Gasteiger partial charge on any atom is 0.322 e. The number of anilines is 1. The van der Waals surface area contributed by atoms with Crippen molar-refractivity contribution in [1.29, 1.82) is 0 Å². The monoisotopic (exact) mass is 290 g/mol. The van der Waals surface area contributed by atoms with Crippen molar-refractivity contribution in [2.75, 3.05) is 18.5 Å². The molecule has 2 amide bonds. The Morgan fingerprint density at radius 3 is 2.38 bits per heavy atom. The molecule has 0 aromatic heterocycles. The first-order chi connectivity index (χ1) is 10.0. The predicted octanol–water partition coefficient (Wildman–Crippen LogP) is 3.38. The number of carbonyl (C=O) groups is 1. The van der Waals surface area contributed by atoms with E-state index >= 15 is 0 Å². The zero-order chi connectivity index (χ0) is 15.4. The van der Waals surface area contributed by atoms with Gasteiger partial charge in [-0.3, -0.25) is 0 Å². The number of aryl methyl sites for hydroxylation is 3. The Kier molecular flexibility index (Phi) is 5.23. The van der Waals surface area contributed by atoms with Crippen LogP contribution in [0.2, 0.25) is 0 Å². The minimum atomic E-state index is -0.00880. The van der Waals surface area contributed by atoms with E-state index in [4.69, 9.17) is 5.11 Å². The van der Waals surface area contributed by atoms with Crippen molar-refractivity contribution in [2.45, 2.75) is 52.5 Å². The van der Waals surface area contributed by atoms with E-state index in [1.54, 1.807) is 0 Å². The molecule has 4 heteroatoms. The van der Waals surface area contributed by atoms with Gasteiger partial charge in [0.1, 0.15) is 0 Å². The number of carbonyl (C=O) groups excluding carboxylic acids is 1. The number of urea groups is 1. The van der Waals surface area contributed by atoms with E-state index in [0.717, 1.165) is 49.0 Å². The Morgan fingerprint density at radius 2 is 1.86 bits per heavy atom. The van der Waals surface area contributed by atoms with Crippen molar-refractivity contribution in [1.82, 2.24) is 4.90 Å². The summed E-state index contributed by atoms with van der Waals surface area (Å²) in [5.41, 5.74) is 4.35. The molecule has 1 aliphatic rings. The molecule has 0 radical (unpaired) electrons. The van der Waals surface area contributed by atoms with Crippen LogP contribution in [0.1, 0.15) is 42.4 Å². The number of amides is 2. The van der Waals surface area contributed by atoms with Crippen LogP contribution in [0.25, 0.3) is 0 Å². The fourth-order valence-corrected chi connectivity index (χ4v) is 2.79. The summed E-state index contributed by atoms with van der Waals surface area (Å²) in [5, 5.41) is 12.0. The third kappa shape index (κ3) is 4.21. The molecule has 4 nitrogen and oxygen atoms in total. The van der Waals surface area contributed by atoms with Crippen molar-refractivity contribution >= 4 is 11.7 Å². The molecule has 0 saturated heterocycles. The predicted molar refractivity (Wildman–Crippen MR) is 85.7 cm³/mol. The molecule has 21 heavy (non-hydrogen) atoms. The van der Waals surface area contributed by atoms with E-state index in [-0.39, 0.29) is 12.6 Å². The van der Waals surface area contributed by atoms with E-state index in [2.05, 4.69) is 24.4 Å². The molecule has 1 aromatic rings. The van der Waals surface area contributed by atoms with Gasteiger partial charge in [0.05, 0.1) is 0 Å². The molecular weight excluding hydrogens is 264 g/mol. The third-order valence-corrected chi connectivity index (χ3v) is 3.96. The van der Waals surface area contributed by atoms with Crippen molar-refractivity contribution in [3.05, 3.63) is 28.8 Å². The van der Waals surface area contributed by atoms with Gasteiger partial charge < -0.3 is 15.3 Å². The molecule has 2 N–H and O–H groups in total. The summed E-state index contributed by atoms with van der Waals surface area (Å²) in [6.07, 6.45) is 3.79. The van der Waals surface area contributed by atoms with Gasteiger partial charge >= 0.3 is 6.03 Å². The first-order valence-corrected chi connectivity index (χ1v) is 7.79. The van der Waals surface area contributed by atoms with Crippen molar-refractivity contribution < 1.29 is 9.90 Å². The third-order valence-electron chi connectivity index (χ3n) is 3.96. The summed E-state index contributed by atoms with van der Waals surface area (Å²) >= 11 is 0. The molecule has 0 aliphatic heterocycles. The lowest BCUT2D eigenvalue weighted by atomic mass is 10.1. The summed E-state index contributed by atoms with van der Waals surface area (Å²) in [7, 11) is 0. The second-order valence-corrected chi connectivity index (χ2v) is 6.06. The Bertz CT molecular complexity index is 487. The lowest BCUT2D eigenvalue weighted by Gasteiger charge is -2.24. The number of hydrogen-bond acceptors (Lipinski definition) is 2. The Hall–Kier alpha value is -1.55. The highest BCUT2D eigenvalue weighted by molar-refractivity contribution is 5.91. The topological polar surface area (TPSA) is 52.6 Å². The van der Waals surface area contributed by atoms with Crippen molar-refractivity contribution in [2.24, 2.45) is 0 Å². The molecule has 116 valence electrons. The van der Waals surface area contributed by atoms with Crippen LogP contribution in [0, 0.1) is 20.8 Å². The average molecular weight is 290 g/mol. The van der Waals surface area contributed by atoms with E-state index in [1.807, 2.05) is 18.7 Å². The van der Waals surface area contributed by atoms with E-state index in [1.165, 1.54) is 5.56 Å². The molecule has 0 unspecified atom stereocenters. The van der Waals surface area contributed by atoms with Gasteiger partial charge in [-0.15, -0.1) is 0 Å². The summed E-state index contributed by atoms with van der Waals surface area (Å²) in [6.45, 7) is 7.04. The number of aliphatic hydroxyl groups excluding tert-OH is 1. The van der Waals surface area contributed by atoms with Crippen molar-refractivity contribution in [3.63, 3.8) is 0 Å². The van der Waals surface area contributed by atoms with Crippen molar-refractivity contribution in [3.8, 4) is 0 Å². The number of rotatable bonds is 6. The highest BCUT2D eigenvalue weighted by Gasteiger charge is 2.32. The smallest absolute Gasteiger partial charge is 0.322 e. The molecule has 1 saturated carbocycles. The maximum absolute atomic E-state index is 12.5. The number of nitrogens with zero attached hydrogens (tertiary/aromatic N) is 1. The minimum absolute atomic E-state index is 0.00880. The van der Waals surface area contributed by atoms with E-state index < -0.39 is 0 Å². The largest absolute Gasteiger partial charge is 0.396 e. The number of hydrogen-bond donors (Lipinski definition) is 2. The Labute approximate surface area is 127 Å². The second kappa shape index (κ2) is 6.94.